The highest BCUT2D eigenvalue weighted by atomic mass is 32.1. The largest absolute Gasteiger partial charge is 0.497 e. The Morgan fingerprint density at radius 1 is 0.578 bits per heavy atom. The molecule has 10 atom stereocenters. The first-order chi connectivity index (χ1) is 52.6. The molecule has 6 amide bonds. The highest BCUT2D eigenvalue weighted by Gasteiger charge is 2.62. The molecule has 4 aromatic heterocycles. The molecule has 2 aromatic carbocycles. The minimum absolute atomic E-state index is 0.0347. The summed E-state index contributed by atoms with van der Waals surface area (Å²) in [7, 11) is 7.02. The molecule has 6 N–H and O–H groups in total. The van der Waals surface area contributed by atoms with Crippen molar-refractivity contribution in [1.82, 2.24) is 51.0 Å². The van der Waals surface area contributed by atoms with Crippen LogP contribution in [0.2, 0.25) is 0 Å². The zero-order valence-corrected chi connectivity index (χ0v) is 64.6. The van der Waals surface area contributed by atoms with Crippen molar-refractivity contribution in [3.05, 3.63) is 83.6 Å². The number of anilines is 2. The Kier molecular flexibility index (Phi) is 24.2. The zero-order valence-electron chi connectivity index (χ0n) is 63.0. The Balaban J connectivity index is 0.000000192. The summed E-state index contributed by atoms with van der Waals surface area (Å²) in [4.78, 5) is 134. The van der Waals surface area contributed by atoms with E-state index in [1.165, 1.54) is 39.4 Å². The standard InChI is InChI=1S/C41H52N6O7S.C39H48N6O8S/c1-24(2)42-39-44-34(23-55-39)33-20-36(30-17-16-28(52-4)18-32(30)43-33)53-29-19-35-37(49)46-41(25(3)48)21-26(41)12-8-6-5-7-9-15-31(38(50)47(35)22-29)45-40(51)54-27-13-10-11-14-27;1-44(2)37-41-31(22-54-37)30-19-33(27-16-15-25(51-3)17-29(27)40-30)52-26-18-32-34(46)43-39(36(48)49)20-23(39)11-7-5-4-6-8-14-28(35(47)45(32)21-26)42-38(50)53-24-12-9-10-13-24/h8,12,16-18,20,23-24,26-27,29,31,35H,5-7,9-11,13-15,19,21-22H2,1-4H3,(H,42,44)(H,45,51)(H,46,49);7,11,15-17,19,22-24,26,28,32H,4-6,8-10,12-14,18,20-21H2,1-3H3,(H,42,50)(H,43,46)(H,48,49)/b12-8-;11-7-/t26-,29-,31+,35+,41+;23-,26-,28+,32+,39-/m11/s1. The van der Waals surface area contributed by atoms with Crippen LogP contribution >= 0.6 is 22.7 Å². The number of carboxylic acid groups (broad SMARTS) is 1. The van der Waals surface area contributed by atoms with Gasteiger partial charge in [-0.25, -0.2) is 34.3 Å². The molecular formula is C80H100N12O15S2. The first-order valence-electron chi connectivity index (χ1n) is 38.5. The maximum absolute atomic E-state index is 14.6. The number of hydrogen-bond donors (Lipinski definition) is 6. The smallest absolute Gasteiger partial charge is 0.408 e. The molecule has 0 unspecified atom stereocenters. The van der Waals surface area contributed by atoms with E-state index >= 15 is 0 Å². The van der Waals surface area contributed by atoms with Crippen LogP contribution in [0.4, 0.5) is 19.9 Å². The van der Waals surface area contributed by atoms with Crippen LogP contribution in [0.15, 0.2) is 83.6 Å². The van der Waals surface area contributed by atoms with Gasteiger partial charge in [-0.1, -0.05) is 50.0 Å². The minimum atomic E-state index is -1.45. The van der Waals surface area contributed by atoms with Crippen molar-refractivity contribution in [2.24, 2.45) is 11.8 Å². The number of allylic oxidation sites excluding steroid dienone is 2. The number of pyridine rings is 2. The highest BCUT2D eigenvalue weighted by Crippen LogP contribution is 2.48. The molecule has 0 radical (unpaired) electrons. The van der Waals surface area contributed by atoms with Crippen LogP contribution in [0.3, 0.4) is 0 Å². The lowest BCUT2D eigenvalue weighted by atomic mass is 10.0. The Morgan fingerprint density at radius 3 is 1.50 bits per heavy atom. The normalized spacial score (nSPS) is 26.8. The van der Waals surface area contributed by atoms with Crippen molar-refractivity contribution in [3.63, 3.8) is 0 Å². The molecule has 27 nitrogen and oxygen atoms in total. The van der Waals surface area contributed by atoms with E-state index in [1.54, 1.807) is 14.2 Å². The molecule has 4 saturated carbocycles. The summed E-state index contributed by atoms with van der Waals surface area (Å²) in [5.41, 5.74) is 1.33. The van der Waals surface area contributed by atoms with E-state index in [9.17, 15) is 43.5 Å². The van der Waals surface area contributed by atoms with Gasteiger partial charge in [0.05, 0.1) is 49.7 Å². The second kappa shape index (κ2) is 34.1. The van der Waals surface area contributed by atoms with Gasteiger partial charge in [0.25, 0.3) is 0 Å². The summed E-state index contributed by atoms with van der Waals surface area (Å²) in [5.74, 6) is -1.20. The van der Waals surface area contributed by atoms with E-state index < -0.39 is 83.3 Å². The van der Waals surface area contributed by atoms with Gasteiger partial charge < -0.3 is 74.8 Å². The first-order valence-corrected chi connectivity index (χ1v) is 40.3. The van der Waals surface area contributed by atoms with Crippen molar-refractivity contribution in [3.8, 4) is 45.8 Å². The van der Waals surface area contributed by atoms with Crippen LogP contribution in [-0.2, 0) is 38.2 Å². The number of carbonyl (C=O) groups is 8. The average Bonchev–Trinajstić information content (AvgIpc) is 1.59. The van der Waals surface area contributed by atoms with Crippen LogP contribution in [0.5, 0.6) is 23.0 Å². The fourth-order valence-electron chi connectivity index (χ4n) is 15.9. The quantitative estimate of drug-likeness (QED) is 0.0462. The number of nitrogens with one attached hydrogen (secondary N) is 5. The van der Waals surface area contributed by atoms with Gasteiger partial charge in [0.2, 0.25) is 23.6 Å². The van der Waals surface area contributed by atoms with E-state index in [4.69, 9.17) is 48.4 Å². The highest BCUT2D eigenvalue weighted by molar-refractivity contribution is 7.14. The van der Waals surface area contributed by atoms with Gasteiger partial charge >= 0.3 is 18.2 Å². The van der Waals surface area contributed by atoms with Crippen LogP contribution in [0.25, 0.3) is 44.6 Å². The van der Waals surface area contributed by atoms with Gasteiger partial charge in [0.15, 0.2) is 16.0 Å². The number of aromatic nitrogens is 4. The Morgan fingerprint density at radius 2 is 1.04 bits per heavy atom. The lowest BCUT2D eigenvalue weighted by Crippen LogP contribution is -2.56. The van der Waals surface area contributed by atoms with Crippen molar-refractivity contribution < 1.29 is 71.9 Å². The summed E-state index contributed by atoms with van der Waals surface area (Å²) in [6.07, 6.45) is 20.5. The zero-order chi connectivity index (χ0) is 76.7. The molecule has 2 saturated heterocycles. The topological polar surface area (TPSA) is 334 Å². The number of amides is 6. The Hall–Kier alpha value is -9.64. The predicted octanol–water partition coefficient (Wildman–Crippen LogP) is 11.9. The second-order valence-electron chi connectivity index (χ2n) is 30.5. The molecule has 4 aliphatic heterocycles. The number of rotatable bonds is 17. The number of carbonyl (C=O) groups excluding carboxylic acids is 7. The molecule has 0 spiro atoms. The third-order valence-corrected chi connectivity index (χ3v) is 23.9. The van der Waals surface area contributed by atoms with E-state index in [1.807, 2.05) is 96.5 Å². The van der Waals surface area contributed by atoms with E-state index in [2.05, 4.69) is 46.5 Å². The lowest BCUT2D eigenvalue weighted by Gasteiger charge is -2.29. The maximum Gasteiger partial charge on any atom is 0.408 e. The van der Waals surface area contributed by atoms with E-state index in [0.717, 1.165) is 106 Å². The number of Topliss-reactive ketones (excluding diaryl/α,β-unsaturated/α-hetero) is 1. The number of alkyl carbamates (subject to hydrolysis) is 2. The van der Waals surface area contributed by atoms with Crippen molar-refractivity contribution in [1.29, 1.82) is 0 Å². The number of aliphatic carboxylic acids is 1. The summed E-state index contributed by atoms with van der Waals surface area (Å²) in [6.45, 7) is 5.74. The van der Waals surface area contributed by atoms with Gasteiger partial charge in [0.1, 0.15) is 94.0 Å². The van der Waals surface area contributed by atoms with E-state index in [0.29, 0.717) is 94.3 Å². The molecule has 6 aromatic rings. The van der Waals surface area contributed by atoms with Gasteiger partial charge in [-0.2, -0.15) is 0 Å². The number of thiazole rings is 2. The monoisotopic (exact) mass is 1530 g/mol. The summed E-state index contributed by atoms with van der Waals surface area (Å²) in [5, 5.41) is 32.1. The lowest BCUT2D eigenvalue weighted by molar-refractivity contribution is -0.145. The third-order valence-electron chi connectivity index (χ3n) is 22.1. The molecular weight excluding hydrogens is 1430 g/mol. The van der Waals surface area contributed by atoms with Gasteiger partial charge in [0, 0.05) is 90.6 Å². The van der Waals surface area contributed by atoms with Crippen LogP contribution in [0.1, 0.15) is 162 Å². The summed E-state index contributed by atoms with van der Waals surface area (Å²) < 4.78 is 35.9. The number of hydrogen-bond acceptors (Lipinski definition) is 22. The molecule has 14 rings (SSSR count). The third kappa shape index (κ3) is 18.1. The molecule has 8 aliphatic rings. The maximum atomic E-state index is 14.6. The van der Waals surface area contributed by atoms with Crippen molar-refractivity contribution in [2.45, 2.75) is 228 Å². The number of ether oxygens (including phenoxy) is 6. The number of nitrogens with zero attached hydrogens (tertiary/aromatic N) is 7. The number of fused-ring (bicyclic) bond motifs is 6. The first kappa shape index (κ1) is 77.5. The number of methoxy groups -OCH3 is 2. The molecule has 29 heteroatoms. The molecule has 109 heavy (non-hydrogen) atoms. The van der Waals surface area contributed by atoms with Crippen molar-refractivity contribution in [2.75, 3.05) is 51.6 Å². The molecule has 6 fully saturated rings. The fourth-order valence-corrected chi connectivity index (χ4v) is 17.5. The number of carboxylic acids is 1. The second-order valence-corrected chi connectivity index (χ2v) is 32.2. The average molecular weight is 1530 g/mol. The predicted molar refractivity (Wildman–Crippen MR) is 413 cm³/mol. The molecule has 0 bridgehead atoms. The van der Waals surface area contributed by atoms with Crippen molar-refractivity contribution >= 4 is 102 Å². The number of benzene rings is 2. The van der Waals surface area contributed by atoms with Crippen LogP contribution in [-0.4, -0.2) is 190 Å². The van der Waals surface area contributed by atoms with Gasteiger partial charge in [-0.05, 0) is 148 Å². The number of ketones is 1. The van der Waals surface area contributed by atoms with Crippen LogP contribution < -0.4 is 50.4 Å². The Bertz CT molecular complexity index is 4420. The molecule has 4 aliphatic carbocycles. The molecule has 582 valence electrons. The van der Waals surface area contributed by atoms with Gasteiger partial charge in [-0.15, -0.1) is 22.7 Å². The van der Waals surface area contributed by atoms with Gasteiger partial charge in [-0.3, -0.25) is 24.0 Å². The minimum Gasteiger partial charge on any atom is -0.497 e. The molecule has 8 heterocycles. The summed E-state index contributed by atoms with van der Waals surface area (Å²) >= 11 is 2.97. The SMILES string of the molecule is COc1ccc2c(O[C@@H]3C[C@H]4C(=O)N[C@]5(C(=O)O)C[C@H]5/C=C\CCCCC[C@H](NC(=O)OC5CCCC5)C(=O)N4C3)cc(-c3csc(N(C)C)n3)nc2c1.COc1ccc2c(O[C@@H]3C[C@H]4C(=O)N[C@]5(C(C)=O)C[C@H]5/C=C\CCCCC[C@H](NC(=O)OC5CCCC5)C(=O)N4C3)cc(-c3csc(NC(C)C)n3)nc2c1. The van der Waals surface area contributed by atoms with Crippen LogP contribution in [0, 0.1) is 11.8 Å². The Labute approximate surface area is 642 Å². The van der Waals surface area contributed by atoms with E-state index in [-0.39, 0.29) is 74.1 Å². The summed E-state index contributed by atoms with van der Waals surface area (Å²) in [6, 6.07) is 11.1. The fraction of sp³-hybridized carbons (Fsp3) is 0.550.